The maximum atomic E-state index is 12.8. The molecule has 0 spiro atoms. The zero-order chi connectivity index (χ0) is 10.6. The van der Waals surface area contributed by atoms with Gasteiger partial charge in [-0.05, 0) is 6.07 Å². The molecule has 0 aliphatic carbocycles. The summed E-state index contributed by atoms with van der Waals surface area (Å²) in [7, 11) is 0. The first-order valence-corrected chi connectivity index (χ1v) is 4.71. The molecule has 72 valence electrons. The zero-order valence-corrected chi connectivity index (χ0v) is 8.51. The number of hydrogen-bond donors (Lipinski definition) is 1. The average Bonchev–Trinajstić information content (AvgIpc) is 2.16. The Balaban J connectivity index is 3.13. The lowest BCUT2D eigenvalue weighted by Gasteiger charge is -1.96. The fourth-order valence-corrected chi connectivity index (χ4v) is 0.942. The van der Waals surface area contributed by atoms with Gasteiger partial charge in [0.15, 0.2) is 0 Å². The maximum absolute atomic E-state index is 12.8. The largest absolute Gasteiger partial charge is 0.478 e. The van der Waals surface area contributed by atoms with Crippen LogP contribution in [0, 0.1) is 17.8 Å². The molecule has 1 aromatic rings. The number of carboxylic acids is 1. The second kappa shape index (κ2) is 4.72. The van der Waals surface area contributed by atoms with Gasteiger partial charge in [0.1, 0.15) is 5.56 Å². The summed E-state index contributed by atoms with van der Waals surface area (Å²) in [5, 5.41) is 9.04. The van der Waals surface area contributed by atoms with Gasteiger partial charge in [0.2, 0.25) is 5.95 Å². The topological polar surface area (TPSA) is 50.2 Å². The molecule has 0 amide bonds. The Hall–Kier alpha value is -1.41. The maximum Gasteiger partial charge on any atom is 0.340 e. The molecule has 1 aromatic heterocycles. The Morgan fingerprint density at radius 3 is 3.00 bits per heavy atom. The smallest absolute Gasteiger partial charge is 0.340 e. The third-order valence-electron chi connectivity index (χ3n) is 1.37. The first-order chi connectivity index (χ1) is 6.65. The minimum atomic E-state index is -1.35. The van der Waals surface area contributed by atoms with Crippen molar-refractivity contribution < 1.29 is 14.3 Å². The Morgan fingerprint density at radius 1 is 1.71 bits per heavy atom. The van der Waals surface area contributed by atoms with Crippen LogP contribution in [0.25, 0.3) is 0 Å². The lowest BCUT2D eigenvalue weighted by molar-refractivity contribution is 0.0690. The van der Waals surface area contributed by atoms with E-state index in [4.69, 9.17) is 5.11 Å². The van der Waals surface area contributed by atoms with Crippen molar-refractivity contribution in [3.8, 4) is 11.8 Å². The number of halogens is 2. The van der Waals surface area contributed by atoms with Gasteiger partial charge in [-0.25, -0.2) is 9.78 Å². The monoisotopic (exact) mass is 257 g/mol. The highest BCUT2D eigenvalue weighted by atomic mass is 79.9. The van der Waals surface area contributed by atoms with E-state index >= 15 is 0 Å². The first-order valence-electron chi connectivity index (χ1n) is 3.59. The number of alkyl halides is 1. The second-order valence-corrected chi connectivity index (χ2v) is 2.86. The molecule has 3 nitrogen and oxygen atoms in total. The molecule has 5 heteroatoms. The summed E-state index contributed by atoms with van der Waals surface area (Å²) in [6.07, 6.45) is 1.19. The molecule has 14 heavy (non-hydrogen) atoms. The predicted molar refractivity (Wildman–Crippen MR) is 51.8 cm³/mol. The van der Waals surface area contributed by atoms with E-state index in [0.29, 0.717) is 10.9 Å². The Bertz CT molecular complexity index is 423. The molecular formula is C9H5BrFNO2. The van der Waals surface area contributed by atoms with E-state index < -0.39 is 17.5 Å². The van der Waals surface area contributed by atoms with E-state index in [-0.39, 0.29) is 0 Å². The molecular weight excluding hydrogens is 253 g/mol. The fourth-order valence-electron chi connectivity index (χ4n) is 0.802. The van der Waals surface area contributed by atoms with Crippen LogP contribution in [-0.2, 0) is 0 Å². The van der Waals surface area contributed by atoms with Crippen molar-refractivity contribution in [3.05, 3.63) is 29.3 Å². The van der Waals surface area contributed by atoms with Gasteiger partial charge in [0.25, 0.3) is 0 Å². The summed E-state index contributed by atoms with van der Waals surface area (Å²) in [5.74, 6) is 2.94. The van der Waals surface area contributed by atoms with Crippen molar-refractivity contribution in [1.29, 1.82) is 0 Å². The molecule has 0 aromatic carbocycles. The van der Waals surface area contributed by atoms with Crippen molar-refractivity contribution in [2.24, 2.45) is 0 Å². The molecule has 0 aliphatic rings. The van der Waals surface area contributed by atoms with E-state index in [1.54, 1.807) is 0 Å². The van der Waals surface area contributed by atoms with Crippen LogP contribution in [-0.4, -0.2) is 21.4 Å². The number of aromatic carboxylic acids is 1. The molecule has 1 rings (SSSR count). The van der Waals surface area contributed by atoms with Gasteiger partial charge in [0.05, 0.1) is 5.33 Å². The molecule has 1 N–H and O–H groups in total. The highest BCUT2D eigenvalue weighted by Crippen LogP contribution is 2.06. The Kier molecular flexibility index (Phi) is 3.60. The standard InChI is InChI=1S/C9H5BrFNO2/c10-3-1-2-6-4-7(9(13)14)8(11)12-5-6/h4-5H,3H2,(H,13,14). The highest BCUT2D eigenvalue weighted by molar-refractivity contribution is 9.09. The third-order valence-corrected chi connectivity index (χ3v) is 1.65. The van der Waals surface area contributed by atoms with Crippen molar-refractivity contribution in [1.82, 2.24) is 4.98 Å². The highest BCUT2D eigenvalue weighted by Gasteiger charge is 2.11. The van der Waals surface area contributed by atoms with Crippen LogP contribution < -0.4 is 0 Å². The van der Waals surface area contributed by atoms with E-state index in [2.05, 4.69) is 32.8 Å². The molecule has 0 fully saturated rings. The number of aromatic nitrogens is 1. The van der Waals surface area contributed by atoms with Gasteiger partial charge < -0.3 is 5.11 Å². The normalized spacial score (nSPS) is 9.00. The number of pyridine rings is 1. The fraction of sp³-hybridized carbons (Fsp3) is 0.111. The van der Waals surface area contributed by atoms with Gasteiger partial charge in [-0.3, -0.25) is 0 Å². The van der Waals surface area contributed by atoms with Crippen LogP contribution in [0.4, 0.5) is 4.39 Å². The number of nitrogens with zero attached hydrogens (tertiary/aromatic N) is 1. The average molecular weight is 258 g/mol. The zero-order valence-electron chi connectivity index (χ0n) is 6.92. The predicted octanol–water partition coefficient (Wildman–Crippen LogP) is 1.67. The minimum absolute atomic E-state index is 0.378. The molecule has 0 radical (unpaired) electrons. The minimum Gasteiger partial charge on any atom is -0.478 e. The third kappa shape index (κ3) is 2.54. The van der Waals surface area contributed by atoms with Crippen LogP contribution >= 0.6 is 15.9 Å². The lowest BCUT2D eigenvalue weighted by Crippen LogP contribution is -2.03. The van der Waals surface area contributed by atoms with E-state index in [9.17, 15) is 9.18 Å². The van der Waals surface area contributed by atoms with Crippen LogP contribution in [0.1, 0.15) is 15.9 Å². The second-order valence-electron chi connectivity index (χ2n) is 2.30. The van der Waals surface area contributed by atoms with E-state index in [1.807, 2.05) is 0 Å². The summed E-state index contributed by atoms with van der Waals surface area (Å²) in [5.41, 5.74) is -0.0883. The molecule has 0 saturated heterocycles. The summed E-state index contributed by atoms with van der Waals surface area (Å²) in [4.78, 5) is 13.8. The number of rotatable bonds is 1. The van der Waals surface area contributed by atoms with Crippen LogP contribution in [0.2, 0.25) is 0 Å². The SMILES string of the molecule is O=C(O)c1cc(C#CCBr)cnc1F. The van der Waals surface area contributed by atoms with E-state index in [0.717, 1.165) is 6.07 Å². The first kappa shape index (κ1) is 10.7. The van der Waals surface area contributed by atoms with Crippen molar-refractivity contribution in [3.63, 3.8) is 0 Å². The Morgan fingerprint density at radius 2 is 2.43 bits per heavy atom. The van der Waals surface area contributed by atoms with Crippen molar-refractivity contribution in [2.45, 2.75) is 0 Å². The van der Waals surface area contributed by atoms with Gasteiger partial charge >= 0.3 is 5.97 Å². The summed E-state index contributed by atoms with van der Waals surface area (Å²) in [6.45, 7) is 0. The molecule has 0 bridgehead atoms. The van der Waals surface area contributed by atoms with Gasteiger partial charge in [0, 0.05) is 11.8 Å². The van der Waals surface area contributed by atoms with Crippen molar-refractivity contribution >= 4 is 21.9 Å². The number of carboxylic acid groups (broad SMARTS) is 1. The molecule has 0 unspecified atom stereocenters. The van der Waals surface area contributed by atoms with Gasteiger partial charge in [-0.2, -0.15) is 4.39 Å². The number of carbonyl (C=O) groups is 1. The Labute approximate surface area is 88.1 Å². The summed E-state index contributed by atoms with van der Waals surface area (Å²) in [6, 6.07) is 1.15. The van der Waals surface area contributed by atoms with E-state index in [1.165, 1.54) is 6.20 Å². The van der Waals surface area contributed by atoms with Crippen LogP contribution in [0.3, 0.4) is 0 Å². The molecule has 0 atom stereocenters. The number of hydrogen-bond acceptors (Lipinski definition) is 2. The molecule has 0 aliphatic heterocycles. The van der Waals surface area contributed by atoms with Crippen LogP contribution in [0.5, 0.6) is 0 Å². The quantitative estimate of drug-likeness (QED) is 0.473. The summed E-state index contributed by atoms with van der Waals surface area (Å²) >= 11 is 3.08. The van der Waals surface area contributed by atoms with Crippen molar-refractivity contribution in [2.75, 3.05) is 5.33 Å². The lowest BCUT2D eigenvalue weighted by atomic mass is 10.2. The molecule has 0 saturated carbocycles. The van der Waals surface area contributed by atoms with Gasteiger partial charge in [-0.1, -0.05) is 27.8 Å². The summed E-state index contributed by atoms with van der Waals surface area (Å²) < 4.78 is 12.8. The van der Waals surface area contributed by atoms with Crippen LogP contribution in [0.15, 0.2) is 12.3 Å². The van der Waals surface area contributed by atoms with Gasteiger partial charge in [-0.15, -0.1) is 0 Å². The molecule has 1 heterocycles.